The highest BCUT2D eigenvalue weighted by molar-refractivity contribution is 7.89. The van der Waals surface area contributed by atoms with Gasteiger partial charge in [0.25, 0.3) is 0 Å². The van der Waals surface area contributed by atoms with Gasteiger partial charge in [0, 0.05) is 17.3 Å². The van der Waals surface area contributed by atoms with Crippen LogP contribution in [0.4, 0.5) is 17.6 Å². The van der Waals surface area contributed by atoms with Crippen molar-refractivity contribution >= 4 is 26.8 Å². The zero-order chi connectivity index (χ0) is 23.3. The number of hydrogen-bond acceptors (Lipinski definition) is 5. The van der Waals surface area contributed by atoms with Crippen molar-refractivity contribution in [1.29, 1.82) is 5.26 Å². The number of nitriles is 1. The molecule has 0 saturated heterocycles. The van der Waals surface area contributed by atoms with E-state index in [1.165, 1.54) is 6.07 Å². The van der Waals surface area contributed by atoms with E-state index < -0.39 is 33.0 Å². The lowest BCUT2D eigenvalue weighted by atomic mass is 10.1. The van der Waals surface area contributed by atoms with Crippen molar-refractivity contribution in [3.8, 4) is 17.5 Å². The second kappa shape index (κ2) is 7.54. The first-order chi connectivity index (χ1) is 15.0. The van der Waals surface area contributed by atoms with E-state index in [2.05, 4.69) is 9.97 Å². The molecule has 1 N–H and O–H groups in total. The van der Waals surface area contributed by atoms with Crippen LogP contribution in [-0.2, 0) is 10.0 Å². The minimum Gasteiger partial charge on any atom is -0.291 e. The number of pyridine rings is 2. The number of nitrogens with zero attached hydrogens (tertiary/aromatic N) is 4. The highest BCUT2D eigenvalue weighted by Gasteiger charge is 2.39. The van der Waals surface area contributed by atoms with Gasteiger partial charge in [-0.2, -0.15) is 23.2 Å². The molecule has 4 rings (SSSR count). The molecule has 0 aromatic carbocycles. The van der Waals surface area contributed by atoms with Crippen LogP contribution in [0.5, 0.6) is 0 Å². The normalized spacial score (nSPS) is 14.7. The van der Waals surface area contributed by atoms with Gasteiger partial charge in [0.15, 0.2) is 0 Å². The van der Waals surface area contributed by atoms with Gasteiger partial charge in [-0.25, -0.2) is 17.8 Å². The van der Waals surface area contributed by atoms with Gasteiger partial charge in [-0.1, -0.05) is 6.08 Å². The molecule has 0 radical (unpaired) electrons. The highest BCUT2D eigenvalue weighted by atomic mass is 32.2. The summed E-state index contributed by atoms with van der Waals surface area (Å²) < 4.78 is 79.7. The predicted octanol–water partition coefficient (Wildman–Crippen LogP) is 3.75. The van der Waals surface area contributed by atoms with Crippen LogP contribution in [0.3, 0.4) is 0 Å². The standard InChI is InChI=1S/C20H13F4N5O2S/c1-11(20(22,23)24)28-32(30,31)14-5-6-17(26-10-14)18-16(8-25)15-7-12(21)9-27-19(15)29(18)13-3-2-4-13/h2-7,9-11,28H,1H3/t11-/m1/s1. The maximum atomic E-state index is 13.8. The molecule has 1 aliphatic rings. The molecule has 0 spiro atoms. The number of nitrogens with one attached hydrogen (secondary N) is 1. The monoisotopic (exact) mass is 463 g/mol. The van der Waals surface area contributed by atoms with Crippen LogP contribution < -0.4 is 4.72 Å². The Labute approximate surface area is 179 Å². The Kier molecular flexibility index (Phi) is 5.10. The molecule has 3 heterocycles. The van der Waals surface area contributed by atoms with E-state index in [9.17, 15) is 31.2 Å². The summed E-state index contributed by atoms with van der Waals surface area (Å²) in [5, 5.41) is 9.96. The molecule has 1 atom stereocenters. The number of aromatic nitrogens is 3. The summed E-state index contributed by atoms with van der Waals surface area (Å²) in [6.07, 6.45) is 2.35. The zero-order valence-electron chi connectivity index (χ0n) is 16.2. The molecular weight excluding hydrogens is 450 g/mol. The summed E-state index contributed by atoms with van der Waals surface area (Å²) in [6.45, 7) is 0.684. The number of sulfonamides is 1. The number of hydrogen-bond donors (Lipinski definition) is 1. The predicted molar refractivity (Wildman–Crippen MR) is 107 cm³/mol. The highest BCUT2D eigenvalue weighted by Crippen LogP contribution is 2.36. The van der Waals surface area contributed by atoms with E-state index in [4.69, 9.17) is 0 Å². The molecule has 0 saturated carbocycles. The topological polar surface area (TPSA) is 101 Å². The SMILES string of the molecule is C[C@@H](NS(=O)(=O)c1ccc(-c2c(C#N)c3cc(F)cnc3n2C2=CC=C2)nc1)C(F)(F)F. The van der Waals surface area contributed by atoms with E-state index in [0.717, 1.165) is 24.5 Å². The molecule has 1 aliphatic carbocycles. The Bertz CT molecular complexity index is 1430. The fourth-order valence-corrected chi connectivity index (χ4v) is 4.30. The smallest absolute Gasteiger partial charge is 0.291 e. The van der Waals surface area contributed by atoms with Crippen molar-refractivity contribution in [2.75, 3.05) is 0 Å². The van der Waals surface area contributed by atoms with Gasteiger partial charge >= 0.3 is 6.18 Å². The first-order valence-electron chi connectivity index (χ1n) is 9.07. The van der Waals surface area contributed by atoms with Crippen LogP contribution >= 0.6 is 0 Å². The van der Waals surface area contributed by atoms with Gasteiger partial charge in [0.05, 0.1) is 23.1 Å². The molecule has 0 unspecified atom stereocenters. The Morgan fingerprint density at radius 2 is 1.94 bits per heavy atom. The van der Waals surface area contributed by atoms with Crippen molar-refractivity contribution in [3.63, 3.8) is 0 Å². The number of rotatable bonds is 5. The van der Waals surface area contributed by atoms with Crippen molar-refractivity contribution in [1.82, 2.24) is 19.3 Å². The Balaban J connectivity index is 1.82. The van der Waals surface area contributed by atoms with Crippen molar-refractivity contribution in [3.05, 3.63) is 60.2 Å². The summed E-state index contributed by atoms with van der Waals surface area (Å²) in [7, 11) is -4.50. The largest absolute Gasteiger partial charge is 0.404 e. The third-order valence-corrected chi connectivity index (χ3v) is 6.32. The van der Waals surface area contributed by atoms with E-state index in [0.29, 0.717) is 18.3 Å². The maximum absolute atomic E-state index is 13.8. The van der Waals surface area contributed by atoms with Gasteiger partial charge in [-0.05, 0) is 37.3 Å². The van der Waals surface area contributed by atoms with Gasteiger partial charge in [0.1, 0.15) is 28.5 Å². The lowest BCUT2D eigenvalue weighted by Gasteiger charge is -2.17. The number of halogens is 4. The molecule has 32 heavy (non-hydrogen) atoms. The second-order valence-corrected chi connectivity index (χ2v) is 8.62. The van der Waals surface area contributed by atoms with Crippen LogP contribution in [0.25, 0.3) is 28.1 Å². The van der Waals surface area contributed by atoms with Crippen molar-refractivity contribution in [2.24, 2.45) is 0 Å². The van der Waals surface area contributed by atoms with Crippen LogP contribution in [0.15, 0.2) is 53.7 Å². The third-order valence-electron chi connectivity index (χ3n) is 4.79. The van der Waals surface area contributed by atoms with Crippen LogP contribution in [-0.4, -0.2) is 35.2 Å². The average molecular weight is 463 g/mol. The summed E-state index contributed by atoms with van der Waals surface area (Å²) in [6, 6.07) is 3.21. The minimum atomic E-state index is -4.75. The molecule has 12 heteroatoms. The fraction of sp³-hybridized carbons (Fsp3) is 0.150. The van der Waals surface area contributed by atoms with E-state index in [1.54, 1.807) is 27.5 Å². The van der Waals surface area contributed by atoms with E-state index in [-0.39, 0.29) is 22.3 Å². The molecule has 0 fully saturated rings. The molecular formula is C20H13F4N5O2S. The first-order valence-corrected chi connectivity index (χ1v) is 10.6. The summed E-state index contributed by atoms with van der Waals surface area (Å²) >= 11 is 0. The Morgan fingerprint density at radius 3 is 2.47 bits per heavy atom. The zero-order valence-corrected chi connectivity index (χ0v) is 17.0. The average Bonchev–Trinajstić information content (AvgIpc) is 2.99. The summed E-state index contributed by atoms with van der Waals surface area (Å²) in [5.41, 5.74) is 1.42. The van der Waals surface area contributed by atoms with Gasteiger partial charge < -0.3 is 0 Å². The second-order valence-electron chi connectivity index (χ2n) is 6.91. The van der Waals surface area contributed by atoms with Gasteiger partial charge in [-0.3, -0.25) is 9.55 Å². The summed E-state index contributed by atoms with van der Waals surface area (Å²) in [4.78, 5) is 7.66. The summed E-state index contributed by atoms with van der Waals surface area (Å²) in [5.74, 6) is -0.643. The number of fused-ring (bicyclic) bond motifs is 1. The molecule has 3 aromatic rings. The molecule has 0 aliphatic heterocycles. The van der Waals surface area contributed by atoms with Crippen molar-refractivity contribution < 1.29 is 26.0 Å². The molecule has 7 nitrogen and oxygen atoms in total. The minimum absolute atomic E-state index is 0.0696. The van der Waals surface area contributed by atoms with Gasteiger partial charge in [0.2, 0.25) is 10.0 Å². The van der Waals surface area contributed by atoms with Crippen LogP contribution in [0.2, 0.25) is 0 Å². The lowest BCUT2D eigenvalue weighted by Crippen LogP contribution is -2.42. The van der Waals surface area contributed by atoms with Crippen LogP contribution in [0, 0.1) is 17.1 Å². The quantitative estimate of drug-likeness (QED) is 0.581. The number of alkyl halides is 3. The lowest BCUT2D eigenvalue weighted by molar-refractivity contribution is -0.147. The van der Waals surface area contributed by atoms with Gasteiger partial charge in [-0.15, -0.1) is 0 Å². The molecule has 0 bridgehead atoms. The third kappa shape index (κ3) is 3.65. The van der Waals surface area contributed by atoms with Crippen LogP contribution in [0.1, 0.15) is 12.5 Å². The van der Waals surface area contributed by atoms with Crippen molar-refractivity contribution in [2.45, 2.75) is 24.0 Å². The van der Waals surface area contributed by atoms with E-state index in [1.807, 2.05) is 6.07 Å². The van der Waals surface area contributed by atoms with E-state index >= 15 is 0 Å². The molecule has 3 aromatic heterocycles. The molecule has 0 amide bonds. The first kappa shape index (κ1) is 21.7. The maximum Gasteiger partial charge on any atom is 0.404 e. The Hall–Kier alpha value is -3.56. The fourth-order valence-electron chi connectivity index (χ4n) is 3.12. The Morgan fingerprint density at radius 1 is 1.22 bits per heavy atom. The molecule has 164 valence electrons. The number of allylic oxidation sites excluding steroid dienone is 4.